The zero-order valence-electron chi connectivity index (χ0n) is 16.6. The van der Waals surface area contributed by atoms with E-state index >= 15 is 0 Å². The van der Waals surface area contributed by atoms with Gasteiger partial charge in [-0.3, -0.25) is 9.88 Å². The van der Waals surface area contributed by atoms with Gasteiger partial charge in [-0.05, 0) is 48.5 Å². The van der Waals surface area contributed by atoms with Gasteiger partial charge in [0.1, 0.15) is 5.75 Å². The molecule has 1 aliphatic rings. The van der Waals surface area contributed by atoms with Crippen LogP contribution >= 0.6 is 12.2 Å². The van der Waals surface area contributed by atoms with Crippen LogP contribution in [0.3, 0.4) is 0 Å². The third kappa shape index (κ3) is 5.89. The molecule has 0 spiro atoms. The average Bonchev–Trinajstić information content (AvgIpc) is 2.74. The summed E-state index contributed by atoms with van der Waals surface area (Å²) < 4.78 is 10.9. The highest BCUT2D eigenvalue weighted by atomic mass is 32.1. The molecule has 150 valence electrons. The second-order valence-corrected chi connectivity index (χ2v) is 7.23. The van der Waals surface area contributed by atoms with Gasteiger partial charge in [0.05, 0.1) is 20.3 Å². The highest BCUT2D eigenvalue weighted by Crippen LogP contribution is 2.22. The van der Waals surface area contributed by atoms with Gasteiger partial charge >= 0.3 is 0 Å². The van der Waals surface area contributed by atoms with Crippen LogP contribution in [-0.2, 0) is 11.3 Å². The summed E-state index contributed by atoms with van der Waals surface area (Å²) in [5.41, 5.74) is 3.21. The predicted molar refractivity (Wildman–Crippen MR) is 116 cm³/mol. The topological polar surface area (TPSA) is 49.9 Å². The molecule has 6 nitrogen and oxygen atoms in total. The molecule has 2 aromatic rings. The number of nitrogens with one attached hydrogen (secondary N) is 1. The predicted octanol–water partition coefficient (Wildman–Crippen LogP) is 2.93. The van der Waals surface area contributed by atoms with Crippen molar-refractivity contribution in [2.75, 3.05) is 51.8 Å². The van der Waals surface area contributed by atoms with Crippen LogP contribution in [0.2, 0.25) is 0 Å². The maximum atomic E-state index is 5.75. The molecule has 1 aliphatic heterocycles. The fraction of sp³-hybridized carbons (Fsp3) is 0.429. The van der Waals surface area contributed by atoms with Gasteiger partial charge in [-0.2, -0.15) is 0 Å². The highest BCUT2D eigenvalue weighted by Gasteiger charge is 2.15. The minimum atomic E-state index is 0.705. The van der Waals surface area contributed by atoms with Crippen LogP contribution in [0.4, 0.5) is 5.69 Å². The summed E-state index contributed by atoms with van der Waals surface area (Å²) in [6.45, 7) is 8.11. The van der Waals surface area contributed by atoms with E-state index in [2.05, 4.69) is 20.1 Å². The van der Waals surface area contributed by atoms with Crippen molar-refractivity contribution >= 4 is 23.0 Å². The van der Waals surface area contributed by atoms with E-state index in [4.69, 9.17) is 21.7 Å². The number of methoxy groups -OCH3 is 1. The number of thiocarbonyl (C=S) groups is 1. The molecule has 1 aromatic heterocycles. The Kier molecular flexibility index (Phi) is 7.59. The van der Waals surface area contributed by atoms with E-state index in [1.54, 1.807) is 7.11 Å². The monoisotopic (exact) mass is 400 g/mol. The van der Waals surface area contributed by atoms with Gasteiger partial charge in [-0.25, -0.2) is 0 Å². The van der Waals surface area contributed by atoms with Crippen LogP contribution in [0.25, 0.3) is 0 Å². The Morgan fingerprint density at radius 3 is 2.71 bits per heavy atom. The average molecular weight is 401 g/mol. The summed E-state index contributed by atoms with van der Waals surface area (Å²) in [7, 11) is 1.68. The third-order valence-corrected chi connectivity index (χ3v) is 5.22. The molecule has 0 amide bonds. The van der Waals surface area contributed by atoms with Crippen molar-refractivity contribution in [2.45, 2.75) is 13.5 Å². The largest absolute Gasteiger partial charge is 0.496 e. The van der Waals surface area contributed by atoms with Crippen LogP contribution in [0.15, 0.2) is 42.7 Å². The normalized spacial score (nSPS) is 14.5. The lowest BCUT2D eigenvalue weighted by molar-refractivity contribution is 0.0358. The highest BCUT2D eigenvalue weighted by molar-refractivity contribution is 7.80. The van der Waals surface area contributed by atoms with Crippen molar-refractivity contribution in [2.24, 2.45) is 0 Å². The Balaban J connectivity index is 1.68. The fourth-order valence-electron chi connectivity index (χ4n) is 3.15. The van der Waals surface area contributed by atoms with Crippen LogP contribution in [0, 0.1) is 6.92 Å². The van der Waals surface area contributed by atoms with Crippen LogP contribution < -0.4 is 10.1 Å². The van der Waals surface area contributed by atoms with Crippen LogP contribution in [0.1, 0.15) is 11.1 Å². The lowest BCUT2D eigenvalue weighted by atomic mass is 10.2. The van der Waals surface area contributed by atoms with E-state index in [1.165, 1.54) is 5.56 Å². The summed E-state index contributed by atoms with van der Waals surface area (Å²) in [6.07, 6.45) is 3.63. The number of ether oxygens (including phenoxy) is 2. The number of benzene rings is 1. The molecule has 0 radical (unpaired) electrons. The summed E-state index contributed by atoms with van der Waals surface area (Å²) in [5.74, 6) is 0.849. The van der Waals surface area contributed by atoms with Gasteiger partial charge in [0.15, 0.2) is 5.11 Å². The van der Waals surface area contributed by atoms with Crippen molar-refractivity contribution < 1.29 is 9.47 Å². The quantitative estimate of drug-likeness (QED) is 0.717. The third-order valence-electron chi connectivity index (χ3n) is 4.86. The van der Waals surface area contributed by atoms with Crippen molar-refractivity contribution in [3.05, 3.63) is 53.9 Å². The summed E-state index contributed by atoms with van der Waals surface area (Å²) in [6, 6.07) is 10.1. The van der Waals surface area contributed by atoms with Crippen molar-refractivity contribution in [3.63, 3.8) is 0 Å². The first-order valence-corrected chi connectivity index (χ1v) is 9.96. The molecule has 2 heterocycles. The zero-order valence-corrected chi connectivity index (χ0v) is 17.4. The van der Waals surface area contributed by atoms with Crippen LogP contribution in [-0.4, -0.2) is 66.4 Å². The van der Waals surface area contributed by atoms with Gasteiger partial charge in [0.2, 0.25) is 0 Å². The minimum Gasteiger partial charge on any atom is -0.496 e. The number of pyridine rings is 1. The Hall–Kier alpha value is -2.22. The molecule has 0 atom stereocenters. The summed E-state index contributed by atoms with van der Waals surface area (Å²) in [4.78, 5) is 8.73. The number of morpholine rings is 1. The van der Waals surface area contributed by atoms with Crippen molar-refractivity contribution in [1.82, 2.24) is 14.8 Å². The van der Waals surface area contributed by atoms with Crippen LogP contribution in [0.5, 0.6) is 5.75 Å². The number of aryl methyl sites for hydroxylation is 1. The number of rotatable bonds is 7. The standard InChI is InChI=1S/C21H28N4O2S/c1-17-3-4-19(15-20(17)26-2)23-21(28)25(16-18-5-7-22-8-6-18)10-9-24-11-13-27-14-12-24/h3-8,15H,9-14,16H2,1-2H3,(H,23,28). The molecule has 7 heteroatoms. The van der Waals surface area contributed by atoms with Crippen molar-refractivity contribution in [3.8, 4) is 5.75 Å². The van der Waals surface area contributed by atoms with E-state index in [0.717, 1.165) is 62.9 Å². The molecule has 1 fully saturated rings. The molecule has 0 bridgehead atoms. The maximum absolute atomic E-state index is 5.75. The van der Waals surface area contributed by atoms with Gasteiger partial charge in [-0.15, -0.1) is 0 Å². The first kappa shape index (κ1) is 20.5. The molecule has 0 aliphatic carbocycles. The van der Waals surface area contributed by atoms with Gasteiger partial charge in [0, 0.05) is 56.9 Å². The number of hydrogen-bond donors (Lipinski definition) is 1. The van der Waals surface area contributed by atoms with Gasteiger partial charge < -0.3 is 19.7 Å². The Bertz CT molecular complexity index is 766. The molecular formula is C21H28N4O2S. The van der Waals surface area contributed by atoms with E-state index in [1.807, 2.05) is 49.6 Å². The lowest BCUT2D eigenvalue weighted by Gasteiger charge is -2.31. The minimum absolute atomic E-state index is 0.705. The molecule has 1 N–H and O–H groups in total. The Labute approximate surface area is 172 Å². The van der Waals surface area contributed by atoms with Gasteiger partial charge in [0.25, 0.3) is 0 Å². The Morgan fingerprint density at radius 1 is 1.25 bits per heavy atom. The molecule has 1 aromatic carbocycles. The first-order valence-electron chi connectivity index (χ1n) is 9.55. The second kappa shape index (κ2) is 10.4. The van der Waals surface area contributed by atoms with Crippen molar-refractivity contribution in [1.29, 1.82) is 0 Å². The zero-order chi connectivity index (χ0) is 19.8. The number of hydrogen-bond acceptors (Lipinski definition) is 5. The molecule has 0 unspecified atom stereocenters. The molecule has 0 saturated carbocycles. The maximum Gasteiger partial charge on any atom is 0.173 e. The first-order chi connectivity index (χ1) is 13.7. The smallest absolute Gasteiger partial charge is 0.173 e. The summed E-state index contributed by atoms with van der Waals surface area (Å²) in [5, 5.41) is 4.08. The van der Waals surface area contributed by atoms with E-state index in [-0.39, 0.29) is 0 Å². The lowest BCUT2D eigenvalue weighted by Crippen LogP contribution is -2.43. The molecule has 28 heavy (non-hydrogen) atoms. The number of nitrogens with zero attached hydrogens (tertiary/aromatic N) is 3. The fourth-order valence-corrected chi connectivity index (χ4v) is 3.42. The van der Waals surface area contributed by atoms with E-state index in [9.17, 15) is 0 Å². The molecular weight excluding hydrogens is 372 g/mol. The Morgan fingerprint density at radius 2 is 2.00 bits per heavy atom. The number of aromatic nitrogens is 1. The van der Waals surface area contributed by atoms with E-state index < -0.39 is 0 Å². The molecule has 1 saturated heterocycles. The van der Waals surface area contributed by atoms with Gasteiger partial charge in [-0.1, -0.05) is 6.07 Å². The summed E-state index contributed by atoms with van der Waals surface area (Å²) >= 11 is 5.75. The SMILES string of the molecule is COc1cc(NC(=S)N(CCN2CCOCC2)Cc2ccncc2)ccc1C. The van der Waals surface area contributed by atoms with E-state index in [0.29, 0.717) is 5.11 Å². The number of anilines is 1. The molecule has 3 rings (SSSR count). The second-order valence-electron chi connectivity index (χ2n) is 6.85.